The molecule has 0 unspecified atom stereocenters. The van der Waals surface area contributed by atoms with Crippen LogP contribution in [0.2, 0.25) is 0 Å². The van der Waals surface area contributed by atoms with Crippen molar-refractivity contribution in [3.05, 3.63) is 132 Å². The monoisotopic (exact) mass is 660 g/mol. The molecule has 0 fully saturated rings. The van der Waals surface area contributed by atoms with Crippen molar-refractivity contribution in [3.63, 3.8) is 0 Å². The number of ether oxygens (including phenoxy) is 1. The molecule has 0 atom stereocenters. The number of fused-ring (bicyclic) bond motifs is 3. The van der Waals surface area contributed by atoms with Crippen LogP contribution in [0.1, 0.15) is 70.5 Å². The second kappa shape index (κ2) is 12.9. The number of aryl methyl sites for hydroxylation is 2. The lowest BCUT2D eigenvalue weighted by atomic mass is 9.88. The third-order valence-corrected chi connectivity index (χ3v) is 9.39. The maximum Gasteiger partial charge on any atom is 0.137 e. The molecule has 3 heterocycles. The molecule has 0 radical (unpaired) electrons. The maximum atomic E-state index is 6.61. The molecule has 5 nitrogen and oxygen atoms in total. The first-order valence-electron chi connectivity index (χ1n) is 17.8. The summed E-state index contributed by atoms with van der Waals surface area (Å²) in [6.07, 6.45) is 5.10. The molecule has 0 saturated heterocycles. The molecule has 0 bridgehead atoms. The molecule has 0 N–H and O–H groups in total. The number of benzene rings is 4. The lowest BCUT2D eigenvalue weighted by Crippen LogP contribution is -2.10. The predicted octanol–water partition coefficient (Wildman–Crippen LogP) is 12.0. The van der Waals surface area contributed by atoms with Gasteiger partial charge in [0.15, 0.2) is 0 Å². The lowest BCUT2D eigenvalue weighted by molar-refractivity contribution is 0.378. The van der Waals surface area contributed by atoms with Gasteiger partial charge in [-0.1, -0.05) is 84.0 Å². The summed E-state index contributed by atoms with van der Waals surface area (Å²) in [5.74, 6) is 2.45. The van der Waals surface area contributed by atoms with Gasteiger partial charge in [-0.2, -0.15) is 5.10 Å². The smallest absolute Gasteiger partial charge is 0.137 e. The van der Waals surface area contributed by atoms with E-state index in [0.717, 1.165) is 70.3 Å². The molecule has 50 heavy (non-hydrogen) atoms. The van der Waals surface area contributed by atoms with E-state index in [9.17, 15) is 0 Å². The molecule has 0 aliphatic heterocycles. The molecule has 0 aliphatic carbocycles. The number of hydrogen-bond donors (Lipinski definition) is 0. The molecule has 0 saturated carbocycles. The molecule has 254 valence electrons. The van der Waals surface area contributed by atoms with Crippen molar-refractivity contribution in [1.82, 2.24) is 19.3 Å². The topological polar surface area (TPSA) is 44.9 Å². The Bertz CT molecular complexity index is 2310. The van der Waals surface area contributed by atoms with Gasteiger partial charge in [-0.25, -0.2) is 9.67 Å². The zero-order chi connectivity index (χ0) is 35.2. The van der Waals surface area contributed by atoms with Crippen LogP contribution >= 0.6 is 0 Å². The van der Waals surface area contributed by atoms with Crippen LogP contribution in [-0.4, -0.2) is 19.3 Å². The quantitative estimate of drug-likeness (QED) is 0.163. The van der Waals surface area contributed by atoms with Crippen LogP contribution in [0.5, 0.6) is 11.5 Å². The largest absolute Gasteiger partial charge is 0.457 e. The van der Waals surface area contributed by atoms with E-state index in [2.05, 4.69) is 145 Å². The Morgan fingerprint density at radius 3 is 2.20 bits per heavy atom. The van der Waals surface area contributed by atoms with Crippen LogP contribution in [0.25, 0.3) is 44.4 Å². The molecular weight excluding hydrogens is 613 g/mol. The molecule has 0 amide bonds. The highest BCUT2D eigenvalue weighted by Crippen LogP contribution is 2.37. The molecule has 7 rings (SSSR count). The third kappa shape index (κ3) is 6.96. The van der Waals surface area contributed by atoms with Gasteiger partial charge in [-0.05, 0) is 109 Å². The zero-order valence-corrected chi connectivity index (χ0v) is 30.7. The van der Waals surface area contributed by atoms with Gasteiger partial charge < -0.3 is 4.74 Å². The Balaban J connectivity index is 1.29. The first kappa shape index (κ1) is 33.3. The minimum atomic E-state index is 0.174. The Morgan fingerprint density at radius 2 is 1.44 bits per heavy atom. The highest BCUT2D eigenvalue weighted by molar-refractivity contribution is 6.09. The summed E-state index contributed by atoms with van der Waals surface area (Å²) in [5, 5.41) is 7.36. The molecule has 0 aliphatic rings. The number of hydrogen-bond acceptors (Lipinski definition) is 3. The SMILES string of the molecule is Cc1nn(-c2cccc(Oc3ccc4c5cc(CCC(C)(C)C)ccc5n(-c5cc(CC(C)(C)C)ccn5)c4c3)c2)c(C)c1-c1ccccc1. The van der Waals surface area contributed by atoms with Gasteiger partial charge >= 0.3 is 0 Å². The summed E-state index contributed by atoms with van der Waals surface area (Å²) >= 11 is 0. The minimum Gasteiger partial charge on any atom is -0.457 e. The summed E-state index contributed by atoms with van der Waals surface area (Å²) in [7, 11) is 0. The summed E-state index contributed by atoms with van der Waals surface area (Å²) in [5.41, 5.74) is 10.7. The van der Waals surface area contributed by atoms with Gasteiger partial charge in [0.25, 0.3) is 0 Å². The van der Waals surface area contributed by atoms with Crippen LogP contribution in [0.15, 0.2) is 109 Å². The van der Waals surface area contributed by atoms with Crippen molar-refractivity contribution in [2.45, 2.75) is 74.7 Å². The number of nitrogens with zero attached hydrogens (tertiary/aromatic N) is 4. The fraction of sp³-hybridized carbons (Fsp3) is 0.289. The second-order valence-electron chi connectivity index (χ2n) is 16.1. The molecule has 5 heteroatoms. The Labute approximate surface area is 296 Å². The zero-order valence-electron chi connectivity index (χ0n) is 30.7. The number of aromatic nitrogens is 4. The summed E-state index contributed by atoms with van der Waals surface area (Å²) in [6.45, 7) is 18.0. The first-order valence-corrected chi connectivity index (χ1v) is 17.8. The standard InChI is InChI=1S/C45H48N4O/c1-30-43(34-13-10-9-11-14-34)31(2)49(47-30)35-15-12-16-36(27-35)50-37-18-19-38-39-25-32(21-23-44(3,4)5)17-20-40(39)48(41(38)28-37)42-26-33(22-24-46-42)29-45(6,7)8/h9-20,22,24-28H,21,23,29H2,1-8H3. The van der Waals surface area contributed by atoms with Crippen molar-refractivity contribution in [1.29, 1.82) is 0 Å². The summed E-state index contributed by atoms with van der Waals surface area (Å²) in [6, 6.07) is 36.4. The highest BCUT2D eigenvalue weighted by atomic mass is 16.5. The van der Waals surface area contributed by atoms with Crippen molar-refractivity contribution >= 4 is 21.8 Å². The molecule has 4 aromatic carbocycles. The van der Waals surface area contributed by atoms with E-state index in [1.165, 1.54) is 27.5 Å². The van der Waals surface area contributed by atoms with E-state index in [-0.39, 0.29) is 10.8 Å². The van der Waals surface area contributed by atoms with E-state index in [1.54, 1.807) is 0 Å². The van der Waals surface area contributed by atoms with Gasteiger partial charge in [-0.3, -0.25) is 4.57 Å². The van der Waals surface area contributed by atoms with E-state index < -0.39 is 0 Å². The van der Waals surface area contributed by atoms with Gasteiger partial charge in [-0.15, -0.1) is 0 Å². The van der Waals surface area contributed by atoms with E-state index in [4.69, 9.17) is 14.8 Å². The Hall–Kier alpha value is -5.16. The maximum absolute atomic E-state index is 6.61. The summed E-state index contributed by atoms with van der Waals surface area (Å²) < 4.78 is 10.9. The predicted molar refractivity (Wildman–Crippen MR) is 208 cm³/mol. The van der Waals surface area contributed by atoms with Crippen molar-refractivity contribution < 1.29 is 4.74 Å². The fourth-order valence-electron chi connectivity index (χ4n) is 7.07. The first-order chi connectivity index (χ1) is 23.8. The Kier molecular flexibility index (Phi) is 8.63. The van der Waals surface area contributed by atoms with E-state index >= 15 is 0 Å². The normalized spacial score (nSPS) is 12.2. The lowest BCUT2D eigenvalue weighted by Gasteiger charge is -2.18. The van der Waals surface area contributed by atoms with E-state index in [0.29, 0.717) is 0 Å². The van der Waals surface area contributed by atoms with Gasteiger partial charge in [0, 0.05) is 40.4 Å². The fourth-order valence-corrected chi connectivity index (χ4v) is 7.07. The van der Waals surface area contributed by atoms with Crippen molar-refractivity contribution in [3.8, 4) is 34.1 Å². The van der Waals surface area contributed by atoms with E-state index in [1.807, 2.05) is 29.1 Å². The molecular formula is C45H48N4O. The number of rotatable bonds is 8. The van der Waals surface area contributed by atoms with Gasteiger partial charge in [0.2, 0.25) is 0 Å². The van der Waals surface area contributed by atoms with Crippen LogP contribution in [0.3, 0.4) is 0 Å². The summed E-state index contributed by atoms with van der Waals surface area (Å²) in [4.78, 5) is 4.91. The average molecular weight is 661 g/mol. The number of pyridine rings is 1. The molecule has 3 aromatic heterocycles. The van der Waals surface area contributed by atoms with Crippen LogP contribution < -0.4 is 4.74 Å². The van der Waals surface area contributed by atoms with Crippen molar-refractivity contribution in [2.75, 3.05) is 0 Å². The van der Waals surface area contributed by atoms with Gasteiger partial charge in [0.05, 0.1) is 22.4 Å². The van der Waals surface area contributed by atoms with Crippen molar-refractivity contribution in [2.24, 2.45) is 10.8 Å². The third-order valence-electron chi connectivity index (χ3n) is 9.39. The minimum absolute atomic E-state index is 0.174. The average Bonchev–Trinajstić information content (AvgIpc) is 3.55. The second-order valence-corrected chi connectivity index (χ2v) is 16.1. The molecule has 0 spiro atoms. The molecule has 7 aromatic rings. The van der Waals surface area contributed by atoms with Crippen LogP contribution in [0.4, 0.5) is 0 Å². The van der Waals surface area contributed by atoms with Crippen LogP contribution in [0, 0.1) is 24.7 Å². The highest BCUT2D eigenvalue weighted by Gasteiger charge is 2.19. The van der Waals surface area contributed by atoms with Crippen LogP contribution in [-0.2, 0) is 12.8 Å². The van der Waals surface area contributed by atoms with Gasteiger partial charge in [0.1, 0.15) is 17.3 Å². The Morgan fingerprint density at radius 1 is 0.660 bits per heavy atom.